The van der Waals surface area contributed by atoms with E-state index in [1.54, 1.807) is 0 Å². The molecule has 1 saturated heterocycles. The van der Waals surface area contributed by atoms with Crippen LogP contribution in [0.5, 0.6) is 0 Å². The number of esters is 1. The summed E-state index contributed by atoms with van der Waals surface area (Å²) in [7, 11) is 1.44. The molecule has 1 aliphatic heterocycles. The van der Waals surface area contributed by atoms with E-state index in [2.05, 4.69) is 5.32 Å². The number of hydrogen-bond donors (Lipinski definition) is 1. The summed E-state index contributed by atoms with van der Waals surface area (Å²) >= 11 is 0. The lowest BCUT2D eigenvalue weighted by molar-refractivity contribution is -0.149. The lowest BCUT2D eigenvalue weighted by Gasteiger charge is -2.32. The minimum atomic E-state index is -0.542. The molecule has 1 aliphatic rings. The van der Waals surface area contributed by atoms with Gasteiger partial charge in [0.1, 0.15) is 5.54 Å². The monoisotopic (exact) mass is 215 g/mol. The minimum Gasteiger partial charge on any atom is -0.468 e. The van der Waals surface area contributed by atoms with Crippen LogP contribution in [0.3, 0.4) is 0 Å². The third-order valence-electron chi connectivity index (χ3n) is 2.71. The van der Waals surface area contributed by atoms with Gasteiger partial charge in [0, 0.05) is 19.3 Å². The van der Waals surface area contributed by atoms with E-state index in [1.165, 1.54) is 7.11 Å². The predicted molar refractivity (Wildman–Crippen MR) is 57.7 cm³/mol. The Morgan fingerprint density at radius 2 is 2.13 bits per heavy atom. The third-order valence-corrected chi connectivity index (χ3v) is 2.71. The maximum atomic E-state index is 11.8. The maximum Gasteiger partial charge on any atom is 0.326 e. The molecule has 1 N–H and O–H groups in total. The van der Waals surface area contributed by atoms with E-state index in [1.807, 2.05) is 13.8 Å². The lowest BCUT2D eigenvalue weighted by Crippen LogP contribution is -2.55. The average molecular weight is 215 g/mol. The van der Waals surface area contributed by atoms with Crippen LogP contribution < -0.4 is 5.32 Å². The molecule has 4 nitrogen and oxygen atoms in total. The second-order valence-corrected chi connectivity index (χ2v) is 4.34. The maximum absolute atomic E-state index is 11.8. The molecule has 1 atom stereocenters. The molecule has 0 bridgehead atoms. The van der Waals surface area contributed by atoms with Gasteiger partial charge in [-0.2, -0.15) is 0 Å². The summed E-state index contributed by atoms with van der Waals surface area (Å²) in [5.41, 5.74) is -0.542. The van der Waals surface area contributed by atoms with Gasteiger partial charge in [-0.25, -0.2) is 0 Å². The number of ether oxygens (including phenoxy) is 2. The highest BCUT2D eigenvalue weighted by Gasteiger charge is 2.40. The first-order valence-electron chi connectivity index (χ1n) is 5.54. The van der Waals surface area contributed by atoms with Gasteiger partial charge >= 0.3 is 5.97 Å². The van der Waals surface area contributed by atoms with E-state index in [-0.39, 0.29) is 12.0 Å². The number of carbonyl (C=O) groups excluding carboxylic acids is 1. The second-order valence-electron chi connectivity index (χ2n) is 4.34. The normalized spacial score (nSPS) is 27.5. The second kappa shape index (κ2) is 5.47. The summed E-state index contributed by atoms with van der Waals surface area (Å²) in [5, 5.41) is 3.33. The quantitative estimate of drug-likeness (QED) is 0.716. The van der Waals surface area contributed by atoms with Gasteiger partial charge in [0.2, 0.25) is 0 Å². The summed E-state index contributed by atoms with van der Waals surface area (Å²) in [6.07, 6.45) is 2.38. The molecular formula is C11H21NO3. The van der Waals surface area contributed by atoms with Crippen LogP contribution in [-0.2, 0) is 14.3 Å². The zero-order chi connectivity index (χ0) is 11.3. The Balaban J connectivity index is 2.77. The van der Waals surface area contributed by atoms with Gasteiger partial charge in [0.15, 0.2) is 0 Å². The number of methoxy groups -OCH3 is 1. The van der Waals surface area contributed by atoms with Crippen LogP contribution in [0.15, 0.2) is 0 Å². The number of nitrogens with one attached hydrogen (secondary N) is 1. The molecule has 1 rings (SSSR count). The van der Waals surface area contributed by atoms with Crippen LogP contribution in [0, 0.1) is 0 Å². The first-order chi connectivity index (χ1) is 7.10. The highest BCUT2D eigenvalue weighted by atomic mass is 16.5. The summed E-state index contributed by atoms with van der Waals surface area (Å²) in [6.45, 7) is 5.43. The average Bonchev–Trinajstić information content (AvgIpc) is 2.42. The zero-order valence-corrected chi connectivity index (χ0v) is 9.84. The molecule has 1 fully saturated rings. The largest absolute Gasteiger partial charge is 0.468 e. The molecule has 0 aromatic rings. The van der Waals surface area contributed by atoms with E-state index in [0.717, 1.165) is 19.4 Å². The van der Waals surface area contributed by atoms with E-state index >= 15 is 0 Å². The van der Waals surface area contributed by atoms with Gasteiger partial charge in [-0.1, -0.05) is 0 Å². The van der Waals surface area contributed by atoms with Gasteiger partial charge in [-0.15, -0.1) is 0 Å². The number of carbonyl (C=O) groups is 1. The lowest BCUT2D eigenvalue weighted by atomic mass is 9.90. The van der Waals surface area contributed by atoms with Gasteiger partial charge in [-0.05, 0) is 33.1 Å². The molecule has 15 heavy (non-hydrogen) atoms. The highest BCUT2D eigenvalue weighted by Crippen LogP contribution is 2.23. The van der Waals surface area contributed by atoms with Crippen molar-refractivity contribution in [3.05, 3.63) is 0 Å². The van der Waals surface area contributed by atoms with Crippen molar-refractivity contribution >= 4 is 5.97 Å². The van der Waals surface area contributed by atoms with Gasteiger partial charge in [-0.3, -0.25) is 10.1 Å². The molecule has 88 valence electrons. The van der Waals surface area contributed by atoms with Crippen LogP contribution in [0.4, 0.5) is 0 Å². The fourth-order valence-electron chi connectivity index (χ4n) is 2.10. The van der Waals surface area contributed by atoms with Crippen molar-refractivity contribution in [3.63, 3.8) is 0 Å². The topological polar surface area (TPSA) is 47.6 Å². The molecule has 1 heterocycles. The van der Waals surface area contributed by atoms with Gasteiger partial charge < -0.3 is 9.47 Å². The Labute approximate surface area is 91.3 Å². The van der Waals surface area contributed by atoms with Crippen LogP contribution >= 0.6 is 0 Å². The van der Waals surface area contributed by atoms with E-state index in [0.29, 0.717) is 13.0 Å². The highest BCUT2D eigenvalue weighted by molar-refractivity contribution is 5.80. The molecule has 0 saturated carbocycles. The molecule has 0 amide bonds. The van der Waals surface area contributed by atoms with E-state index in [9.17, 15) is 4.79 Å². The summed E-state index contributed by atoms with van der Waals surface area (Å²) < 4.78 is 10.3. The fraction of sp³-hybridized carbons (Fsp3) is 0.909. The molecule has 0 aromatic carbocycles. The smallest absolute Gasteiger partial charge is 0.326 e. The van der Waals surface area contributed by atoms with Crippen LogP contribution in [0.1, 0.15) is 33.1 Å². The third kappa shape index (κ3) is 3.18. The Morgan fingerprint density at radius 1 is 1.40 bits per heavy atom. The molecule has 0 aromatic heterocycles. The molecule has 0 spiro atoms. The van der Waals surface area contributed by atoms with Gasteiger partial charge in [0.25, 0.3) is 0 Å². The Hall–Kier alpha value is -0.610. The molecular weight excluding hydrogens is 194 g/mol. The standard InChI is InChI=1S/C11H21NO3/c1-9(2)12-11(10(13)14-3)5-4-7-15-8-6-11/h9,12H,4-8H2,1-3H3. The van der Waals surface area contributed by atoms with Crippen molar-refractivity contribution in [2.24, 2.45) is 0 Å². The predicted octanol–water partition coefficient (Wildman–Crippen LogP) is 1.10. The summed E-state index contributed by atoms with van der Waals surface area (Å²) in [5.74, 6) is -0.165. The number of rotatable bonds is 3. The minimum absolute atomic E-state index is 0.165. The van der Waals surface area contributed by atoms with Crippen LogP contribution in [0.25, 0.3) is 0 Å². The Bertz CT molecular complexity index is 208. The molecule has 0 aliphatic carbocycles. The first kappa shape index (κ1) is 12.5. The Morgan fingerprint density at radius 3 is 2.73 bits per heavy atom. The van der Waals surface area contributed by atoms with Crippen molar-refractivity contribution in [1.82, 2.24) is 5.32 Å². The van der Waals surface area contributed by atoms with Crippen LogP contribution in [0.2, 0.25) is 0 Å². The molecule has 0 radical (unpaired) electrons. The molecule has 4 heteroatoms. The van der Waals surface area contributed by atoms with Crippen molar-refractivity contribution in [1.29, 1.82) is 0 Å². The summed E-state index contributed by atoms with van der Waals surface area (Å²) in [6, 6.07) is 0.266. The van der Waals surface area contributed by atoms with Crippen molar-refractivity contribution < 1.29 is 14.3 Å². The van der Waals surface area contributed by atoms with Crippen LogP contribution in [-0.4, -0.2) is 37.9 Å². The first-order valence-corrected chi connectivity index (χ1v) is 5.54. The van der Waals surface area contributed by atoms with E-state index in [4.69, 9.17) is 9.47 Å². The van der Waals surface area contributed by atoms with E-state index < -0.39 is 5.54 Å². The number of hydrogen-bond acceptors (Lipinski definition) is 4. The zero-order valence-electron chi connectivity index (χ0n) is 9.84. The van der Waals surface area contributed by atoms with Crippen molar-refractivity contribution in [3.8, 4) is 0 Å². The van der Waals surface area contributed by atoms with Crippen molar-refractivity contribution in [2.75, 3.05) is 20.3 Å². The Kier molecular flexibility index (Phi) is 4.54. The molecule has 1 unspecified atom stereocenters. The van der Waals surface area contributed by atoms with Gasteiger partial charge in [0.05, 0.1) is 7.11 Å². The van der Waals surface area contributed by atoms with Crippen molar-refractivity contribution in [2.45, 2.75) is 44.7 Å². The SMILES string of the molecule is COC(=O)C1(NC(C)C)CCCOCC1. The summed E-state index contributed by atoms with van der Waals surface area (Å²) in [4.78, 5) is 11.8. The fourth-order valence-corrected chi connectivity index (χ4v) is 2.10.